The molecule has 0 radical (unpaired) electrons. The van der Waals surface area contributed by atoms with Crippen LogP contribution in [0, 0.1) is 13.8 Å². The van der Waals surface area contributed by atoms with E-state index >= 15 is 0 Å². The van der Waals surface area contributed by atoms with Crippen LogP contribution in [0.2, 0.25) is 0 Å². The minimum Gasteiger partial charge on any atom is -0.368 e. The Morgan fingerprint density at radius 3 is 2.50 bits per heavy atom. The molecule has 1 unspecified atom stereocenters. The summed E-state index contributed by atoms with van der Waals surface area (Å²) < 4.78 is 0. The smallest absolute Gasteiger partial charge is 0.264 e. The zero-order chi connectivity index (χ0) is 19.7. The lowest BCUT2D eigenvalue weighted by atomic mass is 10.1. The molecule has 4 rings (SSSR count). The average Bonchev–Trinajstić information content (AvgIpc) is 3.41. The lowest BCUT2D eigenvalue weighted by Crippen LogP contribution is -2.54. The van der Waals surface area contributed by atoms with Gasteiger partial charge in [0.1, 0.15) is 6.04 Å². The molecule has 2 amide bonds. The summed E-state index contributed by atoms with van der Waals surface area (Å²) in [7, 11) is 0. The first-order valence-corrected chi connectivity index (χ1v) is 10.9. The second-order valence-corrected chi connectivity index (χ2v) is 8.61. The van der Waals surface area contributed by atoms with Gasteiger partial charge in [-0.15, -0.1) is 11.3 Å². The number of hydrogen-bond acceptors (Lipinski definition) is 4. The molecule has 148 valence electrons. The summed E-state index contributed by atoms with van der Waals surface area (Å²) in [5.41, 5.74) is 3.87. The maximum atomic E-state index is 13.2. The molecule has 0 spiro atoms. The van der Waals surface area contributed by atoms with Crippen LogP contribution in [-0.4, -0.2) is 60.4 Å². The van der Waals surface area contributed by atoms with Crippen molar-refractivity contribution in [2.75, 3.05) is 37.6 Å². The fraction of sp³-hybridized carbons (Fsp3) is 0.455. The summed E-state index contributed by atoms with van der Waals surface area (Å²) in [6, 6.07) is 9.83. The molecule has 3 heterocycles. The molecule has 0 aliphatic carbocycles. The molecule has 1 aromatic carbocycles. The van der Waals surface area contributed by atoms with Gasteiger partial charge in [0.2, 0.25) is 5.91 Å². The van der Waals surface area contributed by atoms with E-state index in [1.165, 1.54) is 28.2 Å². The van der Waals surface area contributed by atoms with Crippen molar-refractivity contribution >= 4 is 28.8 Å². The Morgan fingerprint density at radius 1 is 1.00 bits per heavy atom. The van der Waals surface area contributed by atoms with E-state index < -0.39 is 0 Å². The summed E-state index contributed by atoms with van der Waals surface area (Å²) in [5, 5.41) is 1.91. The fourth-order valence-electron chi connectivity index (χ4n) is 4.26. The number of hydrogen-bond donors (Lipinski definition) is 0. The molecule has 5 nitrogen and oxygen atoms in total. The lowest BCUT2D eigenvalue weighted by Gasteiger charge is -2.39. The molecule has 1 aromatic heterocycles. The second kappa shape index (κ2) is 7.95. The predicted molar refractivity (Wildman–Crippen MR) is 113 cm³/mol. The number of nitrogens with zero attached hydrogens (tertiary/aromatic N) is 3. The Labute approximate surface area is 170 Å². The Kier molecular flexibility index (Phi) is 5.40. The van der Waals surface area contributed by atoms with E-state index in [2.05, 4.69) is 36.9 Å². The van der Waals surface area contributed by atoms with Crippen molar-refractivity contribution in [1.29, 1.82) is 0 Å². The molecule has 2 aliphatic heterocycles. The van der Waals surface area contributed by atoms with Gasteiger partial charge in [-0.3, -0.25) is 9.59 Å². The number of benzene rings is 1. The molecule has 0 N–H and O–H groups in total. The minimum absolute atomic E-state index is 0.000119. The van der Waals surface area contributed by atoms with Gasteiger partial charge in [0, 0.05) is 38.4 Å². The number of rotatable bonds is 3. The molecule has 0 bridgehead atoms. The van der Waals surface area contributed by atoms with E-state index in [1.54, 1.807) is 4.90 Å². The number of carbonyl (C=O) groups excluding carboxylic acids is 2. The zero-order valence-electron chi connectivity index (χ0n) is 16.6. The highest BCUT2D eigenvalue weighted by Crippen LogP contribution is 2.26. The third kappa shape index (κ3) is 3.53. The van der Waals surface area contributed by atoms with Gasteiger partial charge < -0.3 is 14.7 Å². The summed E-state index contributed by atoms with van der Waals surface area (Å²) in [5.74, 6) is 0.114. The van der Waals surface area contributed by atoms with Crippen LogP contribution in [0.15, 0.2) is 35.7 Å². The van der Waals surface area contributed by atoms with E-state index in [1.807, 2.05) is 22.4 Å². The molecule has 2 aromatic rings. The molecule has 28 heavy (non-hydrogen) atoms. The summed E-state index contributed by atoms with van der Waals surface area (Å²) in [6.45, 7) is 8.07. The molecule has 1 atom stereocenters. The van der Waals surface area contributed by atoms with Gasteiger partial charge in [-0.1, -0.05) is 18.2 Å². The first-order valence-electron chi connectivity index (χ1n) is 10.0. The van der Waals surface area contributed by atoms with Crippen molar-refractivity contribution in [3.8, 4) is 0 Å². The number of piperazine rings is 1. The number of likely N-dealkylation sites (tertiary alicyclic amines) is 1. The zero-order valence-corrected chi connectivity index (χ0v) is 17.4. The third-order valence-corrected chi connectivity index (χ3v) is 6.90. The highest BCUT2D eigenvalue weighted by molar-refractivity contribution is 7.12. The van der Waals surface area contributed by atoms with E-state index in [9.17, 15) is 9.59 Å². The van der Waals surface area contributed by atoms with Gasteiger partial charge in [-0.25, -0.2) is 0 Å². The Hall–Kier alpha value is -2.34. The monoisotopic (exact) mass is 397 g/mol. The lowest BCUT2D eigenvalue weighted by molar-refractivity contribution is -0.135. The van der Waals surface area contributed by atoms with Gasteiger partial charge in [0.15, 0.2) is 0 Å². The second-order valence-electron chi connectivity index (χ2n) is 7.67. The third-order valence-electron chi connectivity index (χ3n) is 6.04. The molecule has 0 saturated carbocycles. The predicted octanol–water partition coefficient (Wildman–Crippen LogP) is 3.32. The van der Waals surface area contributed by atoms with E-state index in [0.29, 0.717) is 19.6 Å². The molecule has 2 aliphatic rings. The van der Waals surface area contributed by atoms with Gasteiger partial charge in [0.25, 0.3) is 5.91 Å². The van der Waals surface area contributed by atoms with Crippen LogP contribution >= 0.6 is 11.3 Å². The van der Waals surface area contributed by atoms with Gasteiger partial charge in [-0.05, 0) is 55.3 Å². The molecule has 2 fully saturated rings. The summed E-state index contributed by atoms with van der Waals surface area (Å²) in [6.07, 6.45) is 1.67. The van der Waals surface area contributed by atoms with Gasteiger partial charge in [-0.2, -0.15) is 0 Å². The maximum Gasteiger partial charge on any atom is 0.264 e. The van der Waals surface area contributed by atoms with Crippen LogP contribution in [0.4, 0.5) is 5.69 Å². The van der Waals surface area contributed by atoms with Gasteiger partial charge in [0.05, 0.1) is 4.88 Å². The van der Waals surface area contributed by atoms with Gasteiger partial charge >= 0.3 is 0 Å². The normalized spacial score (nSPS) is 19.9. The van der Waals surface area contributed by atoms with E-state index in [0.717, 1.165) is 30.8 Å². The van der Waals surface area contributed by atoms with Crippen molar-refractivity contribution in [1.82, 2.24) is 9.80 Å². The maximum absolute atomic E-state index is 13.2. The van der Waals surface area contributed by atoms with Crippen molar-refractivity contribution in [2.24, 2.45) is 0 Å². The van der Waals surface area contributed by atoms with Crippen LogP contribution < -0.4 is 4.90 Å². The summed E-state index contributed by atoms with van der Waals surface area (Å²) >= 11 is 1.44. The van der Waals surface area contributed by atoms with E-state index in [-0.39, 0.29) is 17.9 Å². The Bertz CT molecular complexity index is 857. The van der Waals surface area contributed by atoms with Crippen LogP contribution in [-0.2, 0) is 4.79 Å². The van der Waals surface area contributed by atoms with Crippen molar-refractivity contribution in [2.45, 2.75) is 32.7 Å². The first kappa shape index (κ1) is 19.0. The average molecular weight is 398 g/mol. The topological polar surface area (TPSA) is 43.9 Å². The minimum atomic E-state index is -0.304. The number of carbonyl (C=O) groups is 2. The first-order chi connectivity index (χ1) is 13.6. The van der Waals surface area contributed by atoms with Crippen LogP contribution in [0.5, 0.6) is 0 Å². The molecule has 6 heteroatoms. The molecule has 2 saturated heterocycles. The van der Waals surface area contributed by atoms with Crippen molar-refractivity contribution in [3.63, 3.8) is 0 Å². The van der Waals surface area contributed by atoms with Crippen molar-refractivity contribution < 1.29 is 9.59 Å². The number of amides is 2. The van der Waals surface area contributed by atoms with Crippen LogP contribution in [0.1, 0.15) is 33.6 Å². The number of anilines is 1. The molecular weight excluding hydrogens is 370 g/mol. The number of aryl methyl sites for hydroxylation is 1. The SMILES string of the molecule is Cc1cccc(N2CCN(C(=O)C3CCCN3C(=O)c3cccs3)CC2)c1C. The molecular formula is C22H27N3O2S. The highest BCUT2D eigenvalue weighted by Gasteiger charge is 2.38. The Balaban J connectivity index is 1.41. The quantitative estimate of drug-likeness (QED) is 0.798. The standard InChI is InChI=1S/C22H27N3O2S/c1-16-6-3-7-18(17(16)2)23-11-13-24(14-12-23)21(26)19-8-4-10-25(19)22(27)20-9-5-15-28-20/h3,5-7,9,15,19H,4,8,10-14H2,1-2H3. The van der Waals surface area contributed by atoms with Crippen molar-refractivity contribution in [3.05, 3.63) is 51.7 Å². The highest BCUT2D eigenvalue weighted by atomic mass is 32.1. The summed E-state index contributed by atoms with van der Waals surface area (Å²) in [4.78, 5) is 32.8. The van der Waals surface area contributed by atoms with E-state index in [4.69, 9.17) is 0 Å². The largest absolute Gasteiger partial charge is 0.368 e. The van der Waals surface area contributed by atoms with Crippen LogP contribution in [0.3, 0.4) is 0 Å². The fourth-order valence-corrected chi connectivity index (χ4v) is 4.94. The number of thiophene rings is 1. The van der Waals surface area contributed by atoms with Crippen LogP contribution in [0.25, 0.3) is 0 Å². The Morgan fingerprint density at radius 2 is 1.79 bits per heavy atom.